The highest BCUT2D eigenvalue weighted by atomic mass is 16.2. The summed E-state index contributed by atoms with van der Waals surface area (Å²) in [4.78, 5) is 12.2. The van der Waals surface area contributed by atoms with Gasteiger partial charge in [0.25, 0.3) is 0 Å². The zero-order valence-corrected chi connectivity index (χ0v) is 11.7. The van der Waals surface area contributed by atoms with Gasteiger partial charge in [0.1, 0.15) is 0 Å². The van der Waals surface area contributed by atoms with Crippen molar-refractivity contribution in [3.63, 3.8) is 0 Å². The van der Waals surface area contributed by atoms with Crippen LogP contribution in [0.25, 0.3) is 5.69 Å². The van der Waals surface area contributed by atoms with Crippen LogP contribution in [-0.4, -0.2) is 26.4 Å². The highest BCUT2D eigenvalue weighted by Gasteiger charge is 2.27. The summed E-state index contributed by atoms with van der Waals surface area (Å²) in [6, 6.07) is 7.38. The third-order valence-electron chi connectivity index (χ3n) is 3.08. The zero-order valence-electron chi connectivity index (χ0n) is 11.7. The molecule has 0 bridgehead atoms. The Hall–Kier alpha value is -2.21. The van der Waals surface area contributed by atoms with E-state index in [1.807, 2.05) is 31.2 Å². The summed E-state index contributed by atoms with van der Waals surface area (Å²) in [5, 5.41) is 10.5. The fraction of sp³-hybridized carbons (Fsp3) is 0.357. The zero-order chi connectivity index (χ0) is 14.6. The number of carbonyl (C=O) groups is 1. The van der Waals surface area contributed by atoms with Gasteiger partial charge in [-0.1, -0.05) is 24.6 Å². The van der Waals surface area contributed by atoms with Crippen molar-refractivity contribution >= 4 is 11.6 Å². The van der Waals surface area contributed by atoms with Crippen molar-refractivity contribution in [2.75, 3.05) is 5.32 Å². The molecule has 1 amide bonds. The van der Waals surface area contributed by atoms with Gasteiger partial charge in [0.05, 0.1) is 23.6 Å². The lowest BCUT2D eigenvalue weighted by Gasteiger charge is -2.22. The molecule has 0 spiro atoms. The van der Waals surface area contributed by atoms with Gasteiger partial charge in [0.2, 0.25) is 5.91 Å². The lowest BCUT2D eigenvalue weighted by molar-refractivity contribution is -0.120. The molecule has 3 N–H and O–H groups in total. The van der Waals surface area contributed by atoms with Gasteiger partial charge in [0, 0.05) is 5.69 Å². The van der Waals surface area contributed by atoms with E-state index in [0.29, 0.717) is 12.1 Å². The summed E-state index contributed by atoms with van der Waals surface area (Å²) in [5.41, 5.74) is 6.67. The first kappa shape index (κ1) is 14.2. The van der Waals surface area contributed by atoms with Gasteiger partial charge in [-0.15, -0.1) is 5.10 Å². The molecule has 0 fully saturated rings. The number of nitrogens with zero attached hydrogens (tertiary/aromatic N) is 3. The van der Waals surface area contributed by atoms with Crippen LogP contribution < -0.4 is 11.1 Å². The van der Waals surface area contributed by atoms with Crippen LogP contribution >= 0.6 is 0 Å². The fourth-order valence-electron chi connectivity index (χ4n) is 1.98. The number of hydrogen-bond donors (Lipinski definition) is 2. The third-order valence-corrected chi connectivity index (χ3v) is 3.08. The molecule has 106 valence electrons. The standard InChI is InChI=1S/C14H19N5O/c1-3-7-14(2,15)13(20)17-11-5-4-6-12(10-11)19-9-8-16-18-19/h4-6,8-10H,3,7,15H2,1-2H3,(H,17,20). The Morgan fingerprint density at radius 1 is 1.50 bits per heavy atom. The second kappa shape index (κ2) is 5.83. The van der Waals surface area contributed by atoms with Crippen molar-refractivity contribution < 1.29 is 4.79 Å². The Labute approximate surface area is 118 Å². The van der Waals surface area contributed by atoms with E-state index in [1.165, 1.54) is 0 Å². The molecule has 0 saturated carbocycles. The fourth-order valence-corrected chi connectivity index (χ4v) is 1.98. The van der Waals surface area contributed by atoms with Crippen LogP contribution in [0.4, 0.5) is 5.69 Å². The third kappa shape index (κ3) is 3.21. The first-order valence-corrected chi connectivity index (χ1v) is 6.60. The Bertz CT molecular complexity index is 577. The predicted octanol–water partition coefficient (Wildman–Crippen LogP) is 1.72. The van der Waals surface area contributed by atoms with Crippen LogP contribution in [0.5, 0.6) is 0 Å². The Morgan fingerprint density at radius 3 is 2.95 bits per heavy atom. The number of hydrogen-bond acceptors (Lipinski definition) is 4. The molecule has 6 heteroatoms. The van der Waals surface area contributed by atoms with Crippen molar-refractivity contribution in [1.29, 1.82) is 0 Å². The summed E-state index contributed by atoms with van der Waals surface area (Å²) in [6.07, 6.45) is 4.84. The molecule has 1 aromatic carbocycles. The number of nitrogens with two attached hydrogens (primary N) is 1. The van der Waals surface area contributed by atoms with Crippen molar-refractivity contribution in [3.8, 4) is 5.69 Å². The number of anilines is 1. The van der Waals surface area contributed by atoms with Crippen molar-refractivity contribution in [2.24, 2.45) is 5.73 Å². The quantitative estimate of drug-likeness (QED) is 0.868. The minimum absolute atomic E-state index is 0.185. The van der Waals surface area contributed by atoms with Crippen LogP contribution in [0, 0.1) is 0 Å². The Kier molecular flexibility index (Phi) is 4.14. The number of benzene rings is 1. The smallest absolute Gasteiger partial charge is 0.244 e. The molecule has 1 heterocycles. The second-order valence-electron chi connectivity index (χ2n) is 5.02. The van der Waals surface area contributed by atoms with E-state index in [-0.39, 0.29) is 5.91 Å². The van der Waals surface area contributed by atoms with Crippen LogP contribution in [0.3, 0.4) is 0 Å². The second-order valence-corrected chi connectivity index (χ2v) is 5.02. The van der Waals surface area contributed by atoms with Gasteiger partial charge < -0.3 is 11.1 Å². The van der Waals surface area contributed by atoms with Crippen molar-refractivity contribution in [1.82, 2.24) is 15.0 Å². The van der Waals surface area contributed by atoms with Gasteiger partial charge >= 0.3 is 0 Å². The molecule has 0 aliphatic carbocycles. The molecule has 0 radical (unpaired) electrons. The van der Waals surface area contributed by atoms with E-state index in [0.717, 1.165) is 12.1 Å². The molecule has 0 aliphatic heterocycles. The monoisotopic (exact) mass is 273 g/mol. The maximum absolute atomic E-state index is 12.2. The molecule has 6 nitrogen and oxygen atoms in total. The molecule has 0 aliphatic rings. The lowest BCUT2D eigenvalue weighted by Crippen LogP contribution is -2.48. The number of aromatic nitrogens is 3. The maximum Gasteiger partial charge on any atom is 0.244 e. The van der Waals surface area contributed by atoms with Crippen LogP contribution in [-0.2, 0) is 4.79 Å². The van der Waals surface area contributed by atoms with Gasteiger partial charge in [0.15, 0.2) is 0 Å². The molecular weight excluding hydrogens is 254 g/mol. The largest absolute Gasteiger partial charge is 0.324 e. The molecule has 20 heavy (non-hydrogen) atoms. The lowest BCUT2D eigenvalue weighted by atomic mass is 9.96. The molecule has 1 aromatic heterocycles. The Morgan fingerprint density at radius 2 is 2.30 bits per heavy atom. The minimum Gasteiger partial charge on any atom is -0.324 e. The Balaban J connectivity index is 2.14. The number of carbonyl (C=O) groups excluding carboxylic acids is 1. The van der Waals surface area contributed by atoms with E-state index in [4.69, 9.17) is 5.73 Å². The molecule has 2 aromatic rings. The number of nitrogens with one attached hydrogen (secondary N) is 1. The predicted molar refractivity (Wildman–Crippen MR) is 77.5 cm³/mol. The maximum atomic E-state index is 12.2. The molecule has 1 atom stereocenters. The van der Waals surface area contributed by atoms with Gasteiger partial charge in [-0.2, -0.15) is 0 Å². The van der Waals surface area contributed by atoms with E-state index in [2.05, 4.69) is 15.6 Å². The number of amides is 1. The number of rotatable bonds is 5. The van der Waals surface area contributed by atoms with Gasteiger partial charge in [-0.3, -0.25) is 4.79 Å². The average Bonchev–Trinajstić information content (AvgIpc) is 2.93. The minimum atomic E-state index is -0.863. The van der Waals surface area contributed by atoms with Gasteiger partial charge in [-0.05, 0) is 31.5 Å². The van der Waals surface area contributed by atoms with Gasteiger partial charge in [-0.25, -0.2) is 4.68 Å². The normalized spacial score (nSPS) is 13.8. The average molecular weight is 273 g/mol. The van der Waals surface area contributed by atoms with E-state index in [9.17, 15) is 4.79 Å². The van der Waals surface area contributed by atoms with Crippen molar-refractivity contribution in [2.45, 2.75) is 32.2 Å². The first-order valence-electron chi connectivity index (χ1n) is 6.60. The first-order chi connectivity index (χ1) is 9.53. The van der Waals surface area contributed by atoms with Crippen LogP contribution in [0.15, 0.2) is 36.7 Å². The molecule has 1 unspecified atom stereocenters. The van der Waals surface area contributed by atoms with Crippen LogP contribution in [0.1, 0.15) is 26.7 Å². The molecule has 0 saturated heterocycles. The molecular formula is C14H19N5O. The topological polar surface area (TPSA) is 85.8 Å². The van der Waals surface area contributed by atoms with E-state index >= 15 is 0 Å². The summed E-state index contributed by atoms with van der Waals surface area (Å²) >= 11 is 0. The van der Waals surface area contributed by atoms with Crippen molar-refractivity contribution in [3.05, 3.63) is 36.7 Å². The summed E-state index contributed by atoms with van der Waals surface area (Å²) < 4.78 is 1.63. The summed E-state index contributed by atoms with van der Waals surface area (Å²) in [7, 11) is 0. The highest BCUT2D eigenvalue weighted by Crippen LogP contribution is 2.16. The molecule has 2 rings (SSSR count). The highest BCUT2D eigenvalue weighted by molar-refractivity contribution is 5.97. The SMILES string of the molecule is CCCC(C)(N)C(=O)Nc1cccc(-n2ccnn2)c1. The van der Waals surface area contributed by atoms with E-state index < -0.39 is 5.54 Å². The van der Waals surface area contributed by atoms with E-state index in [1.54, 1.807) is 24.0 Å². The van der Waals surface area contributed by atoms with Crippen LogP contribution in [0.2, 0.25) is 0 Å². The summed E-state index contributed by atoms with van der Waals surface area (Å²) in [5.74, 6) is -0.185. The summed E-state index contributed by atoms with van der Waals surface area (Å²) in [6.45, 7) is 3.75.